The molecule has 0 saturated carbocycles. The van der Waals surface area contributed by atoms with Crippen LogP contribution in [0.15, 0.2) is 36.7 Å². The minimum absolute atomic E-state index is 0.00743. The lowest BCUT2D eigenvalue weighted by Gasteiger charge is -2.31. The molecule has 8 heteroatoms. The van der Waals surface area contributed by atoms with Gasteiger partial charge in [-0.25, -0.2) is 4.68 Å². The molecule has 1 aliphatic rings. The van der Waals surface area contributed by atoms with Gasteiger partial charge in [0.15, 0.2) is 0 Å². The van der Waals surface area contributed by atoms with Gasteiger partial charge < -0.3 is 9.80 Å². The second kappa shape index (κ2) is 7.87. The highest BCUT2D eigenvalue weighted by Crippen LogP contribution is 2.18. The number of aromatic nitrogens is 4. The third-order valence-corrected chi connectivity index (χ3v) is 4.50. The average Bonchev–Trinajstić information content (AvgIpc) is 3.08. The highest BCUT2D eigenvalue weighted by Gasteiger charge is 2.30. The summed E-state index contributed by atoms with van der Waals surface area (Å²) in [6, 6.07) is 9.95. The van der Waals surface area contributed by atoms with E-state index in [-0.39, 0.29) is 24.4 Å². The Kier molecular flexibility index (Phi) is 5.37. The Hall–Kier alpha value is -2.77. The number of nitrogens with zero attached hydrogens (tertiary/aromatic N) is 6. The van der Waals surface area contributed by atoms with Gasteiger partial charge in [-0.1, -0.05) is 37.3 Å². The summed E-state index contributed by atoms with van der Waals surface area (Å²) in [7, 11) is 0. The standard InChI is InChI=1S/C17H22N6O2/c1-2-15-11-21(17(25)12-22-13-18-19-20-22)9-8-16(24)23(15)10-14-6-4-3-5-7-14/h3-7,13,15H,2,8-12H2,1H3/t15-/m1/s1. The smallest absolute Gasteiger partial charge is 0.244 e. The van der Waals surface area contributed by atoms with Gasteiger partial charge in [-0.3, -0.25) is 9.59 Å². The minimum Gasteiger partial charge on any atom is -0.339 e. The van der Waals surface area contributed by atoms with E-state index < -0.39 is 0 Å². The molecule has 0 aliphatic carbocycles. The molecule has 0 unspecified atom stereocenters. The van der Waals surface area contributed by atoms with Gasteiger partial charge in [-0.2, -0.15) is 0 Å². The van der Waals surface area contributed by atoms with E-state index in [0.717, 1.165) is 12.0 Å². The first-order valence-corrected chi connectivity index (χ1v) is 8.49. The maximum atomic E-state index is 12.6. The molecule has 25 heavy (non-hydrogen) atoms. The summed E-state index contributed by atoms with van der Waals surface area (Å²) in [6.45, 7) is 3.69. The van der Waals surface area contributed by atoms with Crippen molar-refractivity contribution in [2.45, 2.75) is 38.9 Å². The summed E-state index contributed by atoms with van der Waals surface area (Å²) in [4.78, 5) is 28.8. The van der Waals surface area contributed by atoms with Crippen LogP contribution in [0.4, 0.5) is 0 Å². The van der Waals surface area contributed by atoms with Gasteiger partial charge in [0.2, 0.25) is 11.8 Å². The zero-order valence-electron chi connectivity index (χ0n) is 14.3. The van der Waals surface area contributed by atoms with E-state index >= 15 is 0 Å². The molecule has 0 spiro atoms. The third kappa shape index (κ3) is 4.20. The molecule has 2 amide bonds. The van der Waals surface area contributed by atoms with E-state index in [1.807, 2.05) is 42.2 Å². The molecule has 1 saturated heterocycles. The molecular weight excluding hydrogens is 320 g/mol. The van der Waals surface area contributed by atoms with E-state index in [1.165, 1.54) is 11.0 Å². The van der Waals surface area contributed by atoms with E-state index in [1.54, 1.807) is 4.90 Å². The fraction of sp³-hybridized carbons (Fsp3) is 0.471. The number of benzene rings is 1. The highest BCUT2D eigenvalue weighted by atomic mass is 16.2. The summed E-state index contributed by atoms with van der Waals surface area (Å²) in [5.74, 6) is 0.0218. The van der Waals surface area contributed by atoms with Crippen molar-refractivity contribution in [2.24, 2.45) is 0 Å². The van der Waals surface area contributed by atoms with Gasteiger partial charge in [-0.05, 0) is 22.4 Å². The molecule has 2 heterocycles. The van der Waals surface area contributed by atoms with Crippen molar-refractivity contribution in [1.82, 2.24) is 30.0 Å². The first-order valence-electron chi connectivity index (χ1n) is 8.49. The normalized spacial score (nSPS) is 18.3. The van der Waals surface area contributed by atoms with Crippen LogP contribution in [0, 0.1) is 0 Å². The molecule has 8 nitrogen and oxygen atoms in total. The SMILES string of the molecule is CC[C@@H]1CN(C(=O)Cn2cnnn2)CCC(=O)N1Cc1ccccc1. The number of amides is 2. The minimum atomic E-state index is -0.0693. The lowest BCUT2D eigenvalue weighted by Crippen LogP contribution is -2.44. The maximum absolute atomic E-state index is 12.6. The quantitative estimate of drug-likeness (QED) is 0.799. The summed E-state index contributed by atoms with van der Waals surface area (Å²) < 4.78 is 1.40. The fourth-order valence-corrected chi connectivity index (χ4v) is 3.09. The molecule has 132 valence electrons. The fourth-order valence-electron chi connectivity index (χ4n) is 3.09. The molecular formula is C17H22N6O2. The summed E-state index contributed by atoms with van der Waals surface area (Å²) in [6.07, 6.45) is 2.55. The first-order chi connectivity index (χ1) is 12.2. The lowest BCUT2D eigenvalue weighted by atomic mass is 10.1. The number of carbonyl (C=O) groups excluding carboxylic acids is 2. The monoisotopic (exact) mass is 342 g/mol. The predicted octanol–water partition coefficient (Wildman–Crippen LogP) is 0.713. The number of hydrogen-bond donors (Lipinski definition) is 0. The number of rotatable bonds is 5. The van der Waals surface area contributed by atoms with E-state index in [9.17, 15) is 9.59 Å². The van der Waals surface area contributed by atoms with Crippen molar-refractivity contribution in [3.05, 3.63) is 42.2 Å². The van der Waals surface area contributed by atoms with Crippen LogP contribution in [0.5, 0.6) is 0 Å². The van der Waals surface area contributed by atoms with Crippen molar-refractivity contribution in [3.63, 3.8) is 0 Å². The van der Waals surface area contributed by atoms with Crippen LogP contribution in [-0.4, -0.2) is 61.0 Å². The Bertz CT molecular complexity index is 703. The lowest BCUT2D eigenvalue weighted by molar-refractivity contribution is -0.133. The summed E-state index contributed by atoms with van der Waals surface area (Å²) in [5, 5.41) is 10.8. The molecule has 0 N–H and O–H groups in total. The second-order valence-electron chi connectivity index (χ2n) is 6.17. The largest absolute Gasteiger partial charge is 0.339 e. The zero-order chi connectivity index (χ0) is 17.6. The predicted molar refractivity (Wildman–Crippen MR) is 90.1 cm³/mol. The summed E-state index contributed by atoms with van der Waals surface area (Å²) >= 11 is 0. The van der Waals surface area contributed by atoms with Gasteiger partial charge in [0.05, 0.1) is 0 Å². The van der Waals surface area contributed by atoms with Crippen LogP contribution in [0.1, 0.15) is 25.3 Å². The molecule has 1 atom stereocenters. The van der Waals surface area contributed by atoms with Crippen molar-refractivity contribution in [3.8, 4) is 0 Å². The molecule has 2 aromatic rings. The van der Waals surface area contributed by atoms with E-state index in [2.05, 4.69) is 15.5 Å². The van der Waals surface area contributed by atoms with Crippen LogP contribution in [0.25, 0.3) is 0 Å². The van der Waals surface area contributed by atoms with E-state index in [0.29, 0.717) is 26.1 Å². The van der Waals surface area contributed by atoms with Crippen LogP contribution in [0.3, 0.4) is 0 Å². The number of tetrazole rings is 1. The van der Waals surface area contributed by atoms with Crippen molar-refractivity contribution in [1.29, 1.82) is 0 Å². The van der Waals surface area contributed by atoms with Gasteiger partial charge in [0, 0.05) is 32.1 Å². The molecule has 0 bridgehead atoms. The van der Waals surface area contributed by atoms with Gasteiger partial charge in [-0.15, -0.1) is 5.10 Å². The third-order valence-electron chi connectivity index (χ3n) is 4.50. The highest BCUT2D eigenvalue weighted by molar-refractivity contribution is 5.80. The van der Waals surface area contributed by atoms with Crippen LogP contribution < -0.4 is 0 Å². The first kappa shape index (κ1) is 17.1. The van der Waals surface area contributed by atoms with Gasteiger partial charge >= 0.3 is 0 Å². The Morgan fingerprint density at radius 2 is 2.08 bits per heavy atom. The van der Waals surface area contributed by atoms with Crippen LogP contribution >= 0.6 is 0 Å². The Labute approximate surface area is 146 Å². The van der Waals surface area contributed by atoms with Crippen LogP contribution in [-0.2, 0) is 22.7 Å². The topological polar surface area (TPSA) is 84.2 Å². The van der Waals surface area contributed by atoms with Crippen molar-refractivity contribution >= 4 is 11.8 Å². The Balaban J connectivity index is 1.70. The molecule has 1 fully saturated rings. The maximum Gasteiger partial charge on any atom is 0.244 e. The second-order valence-corrected chi connectivity index (χ2v) is 6.17. The molecule has 1 aliphatic heterocycles. The Morgan fingerprint density at radius 1 is 1.28 bits per heavy atom. The van der Waals surface area contributed by atoms with Crippen LogP contribution in [0.2, 0.25) is 0 Å². The average molecular weight is 342 g/mol. The van der Waals surface area contributed by atoms with E-state index in [4.69, 9.17) is 0 Å². The molecule has 0 radical (unpaired) electrons. The summed E-state index contributed by atoms with van der Waals surface area (Å²) in [5.41, 5.74) is 1.10. The van der Waals surface area contributed by atoms with Crippen molar-refractivity contribution in [2.75, 3.05) is 13.1 Å². The zero-order valence-corrected chi connectivity index (χ0v) is 14.3. The Morgan fingerprint density at radius 3 is 2.76 bits per heavy atom. The van der Waals surface area contributed by atoms with Crippen molar-refractivity contribution < 1.29 is 9.59 Å². The molecule has 3 rings (SSSR count). The van der Waals surface area contributed by atoms with Gasteiger partial charge in [0.1, 0.15) is 12.9 Å². The molecule has 1 aromatic carbocycles. The number of hydrogen-bond acceptors (Lipinski definition) is 5. The number of carbonyl (C=O) groups is 2. The van der Waals surface area contributed by atoms with Gasteiger partial charge in [0.25, 0.3) is 0 Å². The molecule has 1 aromatic heterocycles.